The molecule has 4 nitrogen and oxygen atoms in total. The SMILES string of the molecule is O=C(O)CCNC(=O)c1ccc(I)c(F)c1. The van der Waals surface area contributed by atoms with Gasteiger partial charge in [-0.05, 0) is 40.8 Å². The Morgan fingerprint density at radius 2 is 2.12 bits per heavy atom. The normalized spacial score (nSPS) is 9.88. The molecular weight excluding hydrogens is 328 g/mol. The molecule has 1 amide bonds. The molecule has 0 atom stereocenters. The van der Waals surface area contributed by atoms with E-state index in [0.717, 1.165) is 6.07 Å². The maximum absolute atomic E-state index is 13.1. The molecule has 0 radical (unpaired) electrons. The Balaban J connectivity index is 2.59. The van der Waals surface area contributed by atoms with Gasteiger partial charge in [0.1, 0.15) is 5.82 Å². The molecular formula is C10H9FINO3. The predicted molar refractivity (Wildman–Crippen MR) is 63.7 cm³/mol. The number of carbonyl (C=O) groups is 2. The lowest BCUT2D eigenvalue weighted by molar-refractivity contribution is -0.136. The van der Waals surface area contributed by atoms with E-state index in [1.165, 1.54) is 12.1 Å². The maximum atomic E-state index is 13.1. The highest BCUT2D eigenvalue weighted by Gasteiger charge is 2.08. The van der Waals surface area contributed by atoms with Crippen LogP contribution in [0.25, 0.3) is 0 Å². The Labute approximate surface area is 105 Å². The third-order valence-electron chi connectivity index (χ3n) is 1.81. The number of rotatable bonds is 4. The highest BCUT2D eigenvalue weighted by molar-refractivity contribution is 14.1. The molecule has 0 saturated carbocycles. The number of carbonyl (C=O) groups excluding carboxylic acids is 1. The first kappa shape index (κ1) is 12.9. The van der Waals surface area contributed by atoms with E-state index in [0.29, 0.717) is 3.57 Å². The van der Waals surface area contributed by atoms with Crippen LogP contribution in [0, 0.1) is 9.39 Å². The van der Waals surface area contributed by atoms with E-state index in [4.69, 9.17) is 5.11 Å². The first-order valence-electron chi connectivity index (χ1n) is 4.45. The van der Waals surface area contributed by atoms with E-state index in [1.54, 1.807) is 0 Å². The Morgan fingerprint density at radius 3 is 2.69 bits per heavy atom. The maximum Gasteiger partial charge on any atom is 0.305 e. The van der Waals surface area contributed by atoms with Gasteiger partial charge in [0.05, 0.1) is 6.42 Å². The highest BCUT2D eigenvalue weighted by atomic mass is 127. The van der Waals surface area contributed by atoms with Crippen LogP contribution in [-0.4, -0.2) is 23.5 Å². The first-order valence-corrected chi connectivity index (χ1v) is 5.53. The van der Waals surface area contributed by atoms with Crippen molar-refractivity contribution < 1.29 is 19.1 Å². The van der Waals surface area contributed by atoms with Crippen LogP contribution in [0.15, 0.2) is 18.2 Å². The third-order valence-corrected chi connectivity index (χ3v) is 2.68. The molecule has 0 aliphatic rings. The average molecular weight is 337 g/mol. The lowest BCUT2D eigenvalue weighted by Gasteiger charge is -2.04. The lowest BCUT2D eigenvalue weighted by Crippen LogP contribution is -2.26. The fourth-order valence-electron chi connectivity index (χ4n) is 1.02. The molecule has 1 aromatic rings. The van der Waals surface area contributed by atoms with Crippen LogP contribution >= 0.6 is 22.6 Å². The van der Waals surface area contributed by atoms with Gasteiger partial charge in [-0.15, -0.1) is 0 Å². The molecule has 0 spiro atoms. The molecule has 0 unspecified atom stereocenters. The fourth-order valence-corrected chi connectivity index (χ4v) is 1.36. The summed E-state index contributed by atoms with van der Waals surface area (Å²) in [6, 6.07) is 4.10. The van der Waals surface area contributed by atoms with Gasteiger partial charge in [-0.3, -0.25) is 9.59 Å². The van der Waals surface area contributed by atoms with Crippen LogP contribution in [0.3, 0.4) is 0 Å². The molecule has 0 aromatic heterocycles. The van der Waals surface area contributed by atoms with Crippen LogP contribution in [0.4, 0.5) is 4.39 Å². The number of benzene rings is 1. The lowest BCUT2D eigenvalue weighted by atomic mass is 10.2. The van der Waals surface area contributed by atoms with Crippen LogP contribution < -0.4 is 5.32 Å². The van der Waals surface area contributed by atoms with Crippen molar-refractivity contribution in [2.45, 2.75) is 6.42 Å². The summed E-state index contributed by atoms with van der Waals surface area (Å²) in [6.07, 6.45) is -0.154. The Bertz CT molecular complexity index is 423. The van der Waals surface area contributed by atoms with Crippen LogP contribution in [-0.2, 0) is 4.79 Å². The Hall–Kier alpha value is -1.18. The predicted octanol–water partition coefficient (Wildman–Crippen LogP) is 1.63. The van der Waals surface area contributed by atoms with Crippen LogP contribution in [0.2, 0.25) is 0 Å². The second kappa shape index (κ2) is 5.78. The number of aliphatic carboxylic acids is 1. The minimum Gasteiger partial charge on any atom is -0.481 e. The summed E-state index contributed by atoms with van der Waals surface area (Å²) in [6.45, 7) is 0.0295. The summed E-state index contributed by atoms with van der Waals surface area (Å²) in [5.74, 6) is -1.93. The molecule has 0 fully saturated rings. The summed E-state index contributed by atoms with van der Waals surface area (Å²) < 4.78 is 13.5. The third kappa shape index (κ3) is 3.76. The van der Waals surface area contributed by atoms with Crippen molar-refractivity contribution in [3.63, 3.8) is 0 Å². The molecule has 0 bridgehead atoms. The van der Waals surface area contributed by atoms with Gasteiger partial charge >= 0.3 is 5.97 Å². The number of nitrogens with one attached hydrogen (secondary N) is 1. The molecule has 0 heterocycles. The molecule has 86 valence electrons. The van der Waals surface area contributed by atoms with Gasteiger partial charge in [-0.25, -0.2) is 4.39 Å². The molecule has 0 aliphatic carbocycles. The number of amides is 1. The van der Waals surface area contributed by atoms with E-state index < -0.39 is 17.7 Å². The summed E-state index contributed by atoms with van der Waals surface area (Å²) >= 11 is 1.82. The smallest absolute Gasteiger partial charge is 0.305 e. The number of carboxylic acids is 1. The average Bonchev–Trinajstić information content (AvgIpc) is 2.21. The van der Waals surface area contributed by atoms with Gasteiger partial charge in [-0.1, -0.05) is 0 Å². The van der Waals surface area contributed by atoms with E-state index >= 15 is 0 Å². The van der Waals surface area contributed by atoms with Crippen molar-refractivity contribution >= 4 is 34.5 Å². The minimum atomic E-state index is -0.992. The minimum absolute atomic E-state index is 0.0295. The van der Waals surface area contributed by atoms with Crippen LogP contribution in [0.1, 0.15) is 16.8 Å². The molecule has 2 N–H and O–H groups in total. The summed E-state index contributed by atoms with van der Waals surface area (Å²) in [4.78, 5) is 21.6. The van der Waals surface area contributed by atoms with E-state index in [2.05, 4.69) is 5.32 Å². The van der Waals surface area contributed by atoms with E-state index in [9.17, 15) is 14.0 Å². The van der Waals surface area contributed by atoms with Crippen molar-refractivity contribution in [2.75, 3.05) is 6.54 Å². The van der Waals surface area contributed by atoms with E-state index in [1.807, 2.05) is 22.6 Å². The highest BCUT2D eigenvalue weighted by Crippen LogP contribution is 2.12. The Kier molecular flexibility index (Phi) is 4.66. The summed E-state index contributed by atoms with van der Waals surface area (Å²) in [7, 11) is 0. The topological polar surface area (TPSA) is 66.4 Å². The fraction of sp³-hybridized carbons (Fsp3) is 0.200. The van der Waals surface area contributed by atoms with Gasteiger partial charge in [0.15, 0.2) is 0 Å². The summed E-state index contributed by atoms with van der Waals surface area (Å²) in [5.41, 5.74) is 0.184. The van der Waals surface area contributed by atoms with Crippen molar-refractivity contribution in [1.82, 2.24) is 5.32 Å². The van der Waals surface area contributed by atoms with Gasteiger partial charge in [0, 0.05) is 15.7 Å². The van der Waals surface area contributed by atoms with Crippen molar-refractivity contribution in [3.05, 3.63) is 33.1 Å². The zero-order valence-corrected chi connectivity index (χ0v) is 10.3. The van der Waals surface area contributed by atoms with Crippen molar-refractivity contribution in [2.24, 2.45) is 0 Å². The van der Waals surface area contributed by atoms with Gasteiger partial charge in [-0.2, -0.15) is 0 Å². The number of carboxylic acid groups (broad SMARTS) is 1. The molecule has 6 heteroatoms. The monoisotopic (exact) mass is 337 g/mol. The summed E-state index contributed by atoms with van der Waals surface area (Å²) in [5, 5.41) is 10.8. The Morgan fingerprint density at radius 1 is 1.44 bits per heavy atom. The quantitative estimate of drug-likeness (QED) is 0.821. The van der Waals surface area contributed by atoms with Crippen molar-refractivity contribution in [1.29, 1.82) is 0 Å². The van der Waals surface area contributed by atoms with Gasteiger partial charge in [0.25, 0.3) is 5.91 Å². The first-order chi connectivity index (χ1) is 7.50. The molecule has 0 saturated heterocycles. The zero-order chi connectivity index (χ0) is 12.1. The second-order valence-electron chi connectivity index (χ2n) is 3.03. The molecule has 0 aliphatic heterocycles. The standard InChI is InChI=1S/C10H9FINO3/c11-7-5-6(1-2-8(7)12)10(16)13-4-3-9(14)15/h1-2,5H,3-4H2,(H,13,16)(H,14,15). The van der Waals surface area contributed by atoms with Gasteiger partial charge in [0.2, 0.25) is 0 Å². The zero-order valence-electron chi connectivity index (χ0n) is 8.17. The van der Waals surface area contributed by atoms with Crippen LogP contribution in [0.5, 0.6) is 0 Å². The molecule has 1 rings (SSSR count). The molecule has 1 aromatic carbocycles. The van der Waals surface area contributed by atoms with Crippen molar-refractivity contribution in [3.8, 4) is 0 Å². The molecule has 16 heavy (non-hydrogen) atoms. The van der Waals surface area contributed by atoms with Gasteiger partial charge < -0.3 is 10.4 Å². The second-order valence-corrected chi connectivity index (χ2v) is 4.19. The number of halogens is 2. The largest absolute Gasteiger partial charge is 0.481 e. The van der Waals surface area contributed by atoms with E-state index in [-0.39, 0.29) is 18.5 Å². The number of hydrogen-bond acceptors (Lipinski definition) is 2. The number of hydrogen-bond donors (Lipinski definition) is 2.